The lowest BCUT2D eigenvalue weighted by Gasteiger charge is -2.39. The third-order valence-corrected chi connectivity index (χ3v) is 8.04. The fourth-order valence-electron chi connectivity index (χ4n) is 5.48. The first-order valence-electron chi connectivity index (χ1n) is 15.1. The van der Waals surface area contributed by atoms with Crippen molar-refractivity contribution in [2.75, 3.05) is 16.8 Å². The number of carbonyl (C=O) groups excluding carboxylic acids is 2. The second-order valence-corrected chi connectivity index (χ2v) is 12.0. The van der Waals surface area contributed by atoms with Gasteiger partial charge in [0.25, 0.3) is 0 Å². The van der Waals surface area contributed by atoms with Gasteiger partial charge in [-0.2, -0.15) is 0 Å². The van der Waals surface area contributed by atoms with Crippen molar-refractivity contribution in [2.45, 2.75) is 71.7 Å². The Morgan fingerprint density at radius 3 is 2.24 bits per heavy atom. The van der Waals surface area contributed by atoms with Gasteiger partial charge >= 0.3 is 5.97 Å². The molecule has 2 aliphatic rings. The number of benzene rings is 3. The molecule has 0 spiro atoms. The van der Waals surface area contributed by atoms with E-state index >= 15 is 0 Å². The van der Waals surface area contributed by atoms with Crippen molar-refractivity contribution in [1.29, 1.82) is 0 Å². The molecule has 0 aromatic heterocycles. The summed E-state index contributed by atoms with van der Waals surface area (Å²) in [7, 11) is 0. The van der Waals surface area contributed by atoms with Crippen LogP contribution in [0.3, 0.4) is 0 Å². The van der Waals surface area contributed by atoms with Gasteiger partial charge in [-0.1, -0.05) is 59.7 Å². The highest BCUT2D eigenvalue weighted by Crippen LogP contribution is 2.48. The number of carbonyl (C=O) groups is 2. The van der Waals surface area contributed by atoms with Crippen molar-refractivity contribution in [3.05, 3.63) is 106 Å². The summed E-state index contributed by atoms with van der Waals surface area (Å²) in [5.74, 6) is -0.860. The second-order valence-electron chi connectivity index (χ2n) is 12.0. The molecule has 0 bridgehead atoms. The van der Waals surface area contributed by atoms with Gasteiger partial charge in [-0.25, -0.2) is 4.79 Å². The number of ether oxygens (including phenoxy) is 2. The Balaban J connectivity index is 1.60. The van der Waals surface area contributed by atoms with Gasteiger partial charge in [0, 0.05) is 17.7 Å². The third-order valence-electron chi connectivity index (χ3n) is 8.04. The molecule has 1 saturated heterocycles. The van der Waals surface area contributed by atoms with Crippen LogP contribution in [0.25, 0.3) is 0 Å². The van der Waals surface area contributed by atoms with Crippen molar-refractivity contribution in [1.82, 2.24) is 0 Å². The molecule has 9 nitrogen and oxygen atoms in total. The zero-order valence-corrected chi connectivity index (χ0v) is 26.2. The molecule has 1 fully saturated rings. The molecule has 5 atom stereocenters. The summed E-state index contributed by atoms with van der Waals surface area (Å²) in [5, 5.41) is 34.3. The molecule has 0 unspecified atom stereocenters. The number of nitrogens with one attached hydrogen (secondary N) is 1. The van der Waals surface area contributed by atoms with Gasteiger partial charge < -0.3 is 35.0 Å². The van der Waals surface area contributed by atoms with Crippen LogP contribution in [0.2, 0.25) is 0 Å². The van der Waals surface area contributed by atoms with Crippen LogP contribution < -0.4 is 10.2 Å². The van der Waals surface area contributed by atoms with Crippen LogP contribution in [-0.2, 0) is 15.9 Å². The van der Waals surface area contributed by atoms with Crippen molar-refractivity contribution in [2.24, 2.45) is 0 Å². The van der Waals surface area contributed by atoms with Gasteiger partial charge in [0.2, 0.25) is 6.29 Å². The van der Waals surface area contributed by atoms with E-state index in [1.54, 1.807) is 24.3 Å². The fourth-order valence-corrected chi connectivity index (χ4v) is 5.48. The van der Waals surface area contributed by atoms with Gasteiger partial charge in [-0.15, -0.1) is 0 Å². The number of anilines is 4. The Kier molecular flexibility index (Phi) is 9.55. The van der Waals surface area contributed by atoms with E-state index in [0.29, 0.717) is 35.5 Å². The highest BCUT2D eigenvalue weighted by Gasteiger charge is 2.44. The number of ketones is 1. The van der Waals surface area contributed by atoms with E-state index in [4.69, 9.17) is 9.47 Å². The monoisotopic (exact) mass is 612 g/mol. The number of hydrogen-bond acceptors (Lipinski definition) is 9. The summed E-state index contributed by atoms with van der Waals surface area (Å²) < 4.78 is 11.1. The average Bonchev–Trinajstić information content (AvgIpc) is 3.02. The fraction of sp³-hybridized carbons (Fsp3) is 0.333. The normalized spacial score (nSPS) is 22.0. The highest BCUT2D eigenvalue weighted by molar-refractivity contribution is 6.11. The summed E-state index contributed by atoms with van der Waals surface area (Å²) in [6.45, 7) is 10.0. The van der Waals surface area contributed by atoms with Gasteiger partial charge in [0.15, 0.2) is 5.78 Å². The number of para-hydroxylation sites is 1. The van der Waals surface area contributed by atoms with Crippen LogP contribution >= 0.6 is 0 Å². The highest BCUT2D eigenvalue weighted by atomic mass is 16.7. The number of esters is 1. The summed E-state index contributed by atoms with van der Waals surface area (Å²) in [6, 6.07) is 18.2. The van der Waals surface area contributed by atoms with Gasteiger partial charge in [0.05, 0.1) is 34.4 Å². The average molecular weight is 613 g/mol. The lowest BCUT2D eigenvalue weighted by Crippen LogP contribution is -2.57. The molecule has 4 N–H and O–H groups in total. The molecule has 3 aromatic carbocycles. The Labute approximate surface area is 263 Å². The maximum Gasteiger partial charge on any atom is 0.342 e. The number of nitrogens with zero attached hydrogens (tertiary/aromatic N) is 1. The smallest absolute Gasteiger partial charge is 0.342 e. The molecular weight excluding hydrogens is 572 g/mol. The summed E-state index contributed by atoms with van der Waals surface area (Å²) in [5.41, 5.74) is 7.19. The zero-order chi connectivity index (χ0) is 32.4. The van der Waals surface area contributed by atoms with Crippen molar-refractivity contribution < 1.29 is 34.4 Å². The van der Waals surface area contributed by atoms with Crippen molar-refractivity contribution in [3.8, 4) is 0 Å². The first-order chi connectivity index (χ1) is 21.5. The molecule has 0 saturated carbocycles. The first-order valence-corrected chi connectivity index (χ1v) is 15.1. The van der Waals surface area contributed by atoms with Crippen LogP contribution in [0, 0.1) is 0 Å². The maximum atomic E-state index is 13.7. The van der Waals surface area contributed by atoms with Crippen molar-refractivity contribution >= 4 is 34.5 Å². The molecular formula is C36H40N2O7. The SMILES string of the molecule is CC(C)=CCc1cc(C(=O)c2ccccc2)cc2c1Nc1c(C(=O)O[C@@H]3O[C@@H](C)[C@H](O)[C@@H](O)[C@@H]3O)cccc1N2CC=C(C)C. The number of aliphatic hydroxyl groups excluding tert-OH is 3. The van der Waals surface area contributed by atoms with E-state index in [1.807, 2.05) is 64.1 Å². The predicted molar refractivity (Wildman–Crippen MR) is 173 cm³/mol. The molecule has 3 aromatic rings. The summed E-state index contributed by atoms with van der Waals surface area (Å²) >= 11 is 0. The van der Waals surface area contributed by atoms with Crippen molar-refractivity contribution in [3.63, 3.8) is 0 Å². The molecule has 0 radical (unpaired) electrons. The van der Waals surface area contributed by atoms with E-state index in [1.165, 1.54) is 6.92 Å². The molecule has 2 heterocycles. The lowest BCUT2D eigenvalue weighted by atomic mass is 9.94. The predicted octanol–water partition coefficient (Wildman–Crippen LogP) is 5.57. The van der Waals surface area contributed by atoms with Gasteiger partial charge in [-0.3, -0.25) is 4.79 Å². The minimum absolute atomic E-state index is 0.0882. The van der Waals surface area contributed by atoms with Crippen LogP contribution in [0.5, 0.6) is 0 Å². The molecule has 236 valence electrons. The third kappa shape index (κ3) is 6.72. The van der Waals surface area contributed by atoms with Crippen LogP contribution in [0.1, 0.15) is 66.5 Å². The number of fused-ring (bicyclic) bond motifs is 2. The standard InChI is InChI=1S/C36H40N2O7/c1-20(2)14-15-24-18-25(32(40)23-10-7-6-8-11-23)19-28-29(24)37-30-26(12-9-13-27(30)38(28)17-16-21(3)4)35(43)45-36-34(42)33(41)31(39)22(5)44-36/h6-14,16,18-19,22,31,33-34,36-37,39,41-42H,15,17H2,1-5H3/t22-,31-,33+,34-,36-/m0/s1. The summed E-state index contributed by atoms with van der Waals surface area (Å²) in [4.78, 5) is 29.4. The van der Waals surface area contributed by atoms with E-state index in [-0.39, 0.29) is 11.3 Å². The maximum absolute atomic E-state index is 13.7. The molecule has 2 aliphatic heterocycles. The first kappa shape index (κ1) is 32.1. The van der Waals surface area contributed by atoms with Crippen LogP contribution in [0.15, 0.2) is 84.0 Å². The van der Waals surface area contributed by atoms with Crippen LogP contribution in [-0.4, -0.2) is 64.3 Å². The van der Waals surface area contributed by atoms with E-state index in [9.17, 15) is 24.9 Å². The molecule has 5 rings (SSSR count). The Hall–Kier alpha value is -4.28. The summed E-state index contributed by atoms with van der Waals surface area (Å²) in [6.07, 6.45) is -2.10. The minimum atomic E-state index is -1.63. The number of hydrogen-bond donors (Lipinski definition) is 4. The van der Waals surface area contributed by atoms with Gasteiger partial charge in [0.1, 0.15) is 18.3 Å². The molecule has 0 amide bonds. The minimum Gasteiger partial charge on any atom is -0.429 e. The Bertz CT molecular complexity index is 1640. The van der Waals surface area contributed by atoms with Crippen LogP contribution in [0.4, 0.5) is 22.7 Å². The molecule has 45 heavy (non-hydrogen) atoms. The number of aliphatic hydroxyl groups is 3. The van der Waals surface area contributed by atoms with E-state index in [2.05, 4.69) is 22.4 Å². The number of allylic oxidation sites excluding steroid dienone is 3. The lowest BCUT2D eigenvalue weighted by molar-refractivity contribution is -0.276. The topological polar surface area (TPSA) is 129 Å². The molecule has 0 aliphatic carbocycles. The van der Waals surface area contributed by atoms with E-state index < -0.39 is 36.7 Å². The van der Waals surface area contributed by atoms with E-state index in [0.717, 1.165) is 28.1 Å². The number of rotatable bonds is 8. The largest absolute Gasteiger partial charge is 0.429 e. The second kappa shape index (κ2) is 13.4. The Morgan fingerprint density at radius 1 is 0.844 bits per heavy atom. The van der Waals surface area contributed by atoms with Gasteiger partial charge in [-0.05, 0) is 70.9 Å². The zero-order valence-electron chi connectivity index (χ0n) is 26.2. The quantitative estimate of drug-likeness (QED) is 0.147. The molecule has 9 heteroatoms. The Morgan fingerprint density at radius 2 is 1.56 bits per heavy atom.